The van der Waals surface area contributed by atoms with Crippen molar-refractivity contribution in [2.45, 2.75) is 123 Å². The van der Waals surface area contributed by atoms with Crippen LogP contribution in [0.1, 0.15) is 126 Å². The minimum atomic E-state index is -1.41. The van der Waals surface area contributed by atoms with Crippen molar-refractivity contribution in [3.63, 3.8) is 0 Å². The number of non-ortho nitro benzene ring substituents is 1. The predicted molar refractivity (Wildman–Crippen MR) is 357 cm³/mol. The second-order valence-corrected chi connectivity index (χ2v) is 22.6. The number of anilines is 3. The van der Waals surface area contributed by atoms with E-state index < -0.39 is 105 Å². The molecular formula is C65H86N11O20+. The number of aryl methyl sites for hydroxylation is 1. The Bertz CT molecular complexity index is 3410. The van der Waals surface area contributed by atoms with Crippen molar-refractivity contribution in [1.29, 1.82) is 0 Å². The van der Waals surface area contributed by atoms with Gasteiger partial charge in [-0.25, -0.2) is 4.57 Å². The fourth-order valence-electron chi connectivity index (χ4n) is 10.2. The Labute approximate surface area is 554 Å². The number of amides is 2. The van der Waals surface area contributed by atoms with Crippen molar-refractivity contribution < 1.29 is 72.2 Å². The average molecular weight is 1340 g/mol. The number of nitrogens with zero attached hydrogens (tertiary/aromatic N) is 8. The topological polar surface area (TPSA) is 399 Å². The van der Waals surface area contributed by atoms with Crippen LogP contribution in [0.15, 0.2) is 79.1 Å². The van der Waals surface area contributed by atoms with Gasteiger partial charge in [0.1, 0.15) is 31.1 Å². The lowest BCUT2D eigenvalue weighted by atomic mass is 9.99. The fourth-order valence-corrected chi connectivity index (χ4v) is 10.2. The molecule has 0 atom stereocenters. The molecule has 1 heterocycles. The summed E-state index contributed by atoms with van der Waals surface area (Å²) in [6.07, 6.45) is 22.7. The molecule has 5 aromatic rings. The van der Waals surface area contributed by atoms with Gasteiger partial charge in [-0.2, -0.15) is 0 Å². The number of nitro groups is 6. The molecule has 31 nitrogen and oxygen atoms in total. The number of nitro benzene ring substituents is 6. The first kappa shape index (κ1) is 77.1. The van der Waals surface area contributed by atoms with Gasteiger partial charge in [-0.05, 0) is 72.2 Å². The van der Waals surface area contributed by atoms with Gasteiger partial charge < -0.3 is 44.5 Å². The maximum absolute atomic E-state index is 12.8. The Morgan fingerprint density at radius 3 is 1.59 bits per heavy atom. The van der Waals surface area contributed by atoms with E-state index in [9.17, 15) is 75.1 Å². The van der Waals surface area contributed by atoms with Gasteiger partial charge in [0, 0.05) is 70.4 Å². The van der Waals surface area contributed by atoms with Gasteiger partial charge in [-0.15, -0.1) is 0 Å². The van der Waals surface area contributed by atoms with Crippen molar-refractivity contribution in [2.24, 2.45) is 0 Å². The highest BCUT2D eigenvalue weighted by Gasteiger charge is 2.40. The minimum Gasteiger partial charge on any atom is -0.379 e. The summed E-state index contributed by atoms with van der Waals surface area (Å²) >= 11 is 0. The van der Waals surface area contributed by atoms with E-state index in [0.717, 1.165) is 32.4 Å². The minimum absolute atomic E-state index is 0.00661. The summed E-state index contributed by atoms with van der Waals surface area (Å²) in [5, 5.41) is 81.5. The van der Waals surface area contributed by atoms with E-state index in [1.54, 1.807) is 0 Å². The lowest BCUT2D eigenvalue weighted by Crippen LogP contribution is -2.32. The lowest BCUT2D eigenvalue weighted by molar-refractivity contribution is -0.697. The van der Waals surface area contributed by atoms with E-state index in [4.69, 9.17) is 23.7 Å². The molecule has 520 valence electrons. The average Bonchev–Trinajstić information content (AvgIpc) is 0.762. The molecule has 4 aromatic carbocycles. The molecule has 0 saturated carbocycles. The number of rotatable bonds is 51. The second-order valence-electron chi connectivity index (χ2n) is 22.6. The lowest BCUT2D eigenvalue weighted by Gasteiger charge is -2.20. The first-order chi connectivity index (χ1) is 46.3. The van der Waals surface area contributed by atoms with Crippen molar-refractivity contribution >= 4 is 91.7 Å². The van der Waals surface area contributed by atoms with Gasteiger partial charge >= 0.3 is 22.7 Å². The third kappa shape index (κ3) is 27.4. The highest BCUT2D eigenvalue weighted by atomic mass is 16.7. The summed E-state index contributed by atoms with van der Waals surface area (Å²) in [5.41, 5.74) is -7.60. The van der Waals surface area contributed by atoms with Crippen molar-refractivity contribution in [1.82, 2.24) is 10.6 Å². The number of nitrogens with one attached hydrogen (secondary N) is 3. The molecule has 96 heavy (non-hydrogen) atoms. The number of unbranched alkanes of at least 4 members (excludes halogenated alkanes) is 11. The highest BCUT2D eigenvalue weighted by molar-refractivity contribution is 5.91. The predicted octanol–water partition coefficient (Wildman–Crippen LogP) is 11.3. The van der Waals surface area contributed by atoms with E-state index in [0.29, 0.717) is 6.54 Å². The van der Waals surface area contributed by atoms with Crippen molar-refractivity contribution in [3.8, 4) is 0 Å². The Morgan fingerprint density at radius 1 is 0.490 bits per heavy atom. The first-order valence-corrected chi connectivity index (χ1v) is 32.1. The third-order valence-corrected chi connectivity index (χ3v) is 15.4. The molecule has 2 amide bonds. The van der Waals surface area contributed by atoms with E-state index in [2.05, 4.69) is 107 Å². The second kappa shape index (κ2) is 42.7. The van der Waals surface area contributed by atoms with Crippen LogP contribution >= 0.6 is 0 Å². The van der Waals surface area contributed by atoms with E-state index in [1.807, 2.05) is 5.32 Å². The quantitative estimate of drug-likeness (QED) is 0.0141. The number of benzene rings is 4. The van der Waals surface area contributed by atoms with E-state index in [-0.39, 0.29) is 110 Å². The van der Waals surface area contributed by atoms with Crippen LogP contribution < -0.4 is 25.4 Å². The zero-order valence-electron chi connectivity index (χ0n) is 54.3. The van der Waals surface area contributed by atoms with Crippen LogP contribution in [0.2, 0.25) is 0 Å². The molecular weight excluding hydrogens is 1250 g/mol. The number of ketones is 1. The molecule has 0 aliphatic heterocycles. The van der Waals surface area contributed by atoms with Gasteiger partial charge in [0.05, 0.1) is 94.0 Å². The van der Waals surface area contributed by atoms with Crippen LogP contribution in [-0.2, 0) is 51.0 Å². The molecule has 0 aliphatic carbocycles. The third-order valence-electron chi connectivity index (χ3n) is 15.4. The molecule has 0 spiro atoms. The maximum atomic E-state index is 12.8. The molecule has 0 bridgehead atoms. The fraction of sp³-hybridized carbons (Fsp3) is 0.508. The summed E-state index contributed by atoms with van der Waals surface area (Å²) < 4.78 is 29.3. The van der Waals surface area contributed by atoms with E-state index >= 15 is 0 Å². The number of hydrogen-bond donors (Lipinski definition) is 3. The molecule has 5 rings (SSSR count). The maximum Gasteiger partial charge on any atom is 0.309 e. The molecule has 0 radical (unpaired) electrons. The largest absolute Gasteiger partial charge is 0.379 e. The summed E-state index contributed by atoms with van der Waals surface area (Å²) in [6.45, 7) is 6.13. The van der Waals surface area contributed by atoms with Crippen LogP contribution in [0, 0.1) is 60.7 Å². The number of Topliss-reactive ketones (excluding diaryl/α,β-unsaturated/α-hetero) is 1. The van der Waals surface area contributed by atoms with Gasteiger partial charge in [-0.1, -0.05) is 95.1 Å². The zero-order valence-corrected chi connectivity index (χ0v) is 54.3. The summed E-state index contributed by atoms with van der Waals surface area (Å²) in [6, 6.07) is 18.6. The molecule has 1 aromatic heterocycles. The molecule has 31 heteroatoms. The van der Waals surface area contributed by atoms with Crippen LogP contribution in [0.3, 0.4) is 0 Å². The zero-order chi connectivity index (χ0) is 69.6. The molecule has 0 saturated heterocycles. The van der Waals surface area contributed by atoms with Gasteiger partial charge in [0.2, 0.25) is 11.8 Å². The summed E-state index contributed by atoms with van der Waals surface area (Å²) in [7, 11) is 2.18. The standard InChI is InChI=1S/C65H85N11O20/c1-3-4-14-31-70-32-26-49(27-33-70)18-19-50-20-21-52-43-53(23-22-51(52)42-50)69(2)30-15-12-10-8-6-5-7-9-11-13-28-66-61(78)47-96-41-39-94-37-36-93-35-29-67-62(79)48-95-40-38-92-34-16-17-55(77)24-25-56-57(72(82)83)46-60(75(88)89)64(65(56)76(90)91)68-63-58(73(84)85)44-54(71(80)81)45-59(63)74(86)87/h18-23,26-27,32-33,42-46,68H,3-17,24-25,28-31,34-41,47-48H2,1-2H3,(H-,66,67,78,79)/p+1. The number of aromatic nitrogens is 1. The number of ether oxygens (including phenoxy) is 5. The number of pyridine rings is 1. The molecule has 0 aliphatic rings. The van der Waals surface area contributed by atoms with E-state index in [1.165, 1.54) is 91.8 Å². The number of carbonyl (C=O) groups excluding carboxylic acids is 3. The highest BCUT2D eigenvalue weighted by Crippen LogP contribution is 2.48. The van der Waals surface area contributed by atoms with Gasteiger partial charge in [-0.3, -0.25) is 75.1 Å². The molecule has 0 fully saturated rings. The first-order valence-electron chi connectivity index (χ1n) is 32.1. The smallest absolute Gasteiger partial charge is 0.309 e. The number of fused-ring (bicyclic) bond motifs is 1. The summed E-state index contributed by atoms with van der Waals surface area (Å²) in [5.74, 6) is -1.16. The van der Waals surface area contributed by atoms with Crippen molar-refractivity contribution in [2.75, 3.05) is 103 Å². The van der Waals surface area contributed by atoms with Crippen molar-refractivity contribution in [3.05, 3.63) is 156 Å². The Hall–Kier alpha value is -9.56. The Kier molecular flexibility index (Phi) is 34.3. The van der Waals surface area contributed by atoms with Gasteiger partial charge in [0.15, 0.2) is 23.8 Å². The normalized spacial score (nSPS) is 11.2. The molecule has 0 unspecified atom stereocenters. The van der Waals surface area contributed by atoms with Crippen LogP contribution in [0.4, 0.5) is 51.2 Å². The molecule has 3 N–H and O–H groups in total. The van der Waals surface area contributed by atoms with Gasteiger partial charge in [0.25, 0.3) is 11.4 Å². The van der Waals surface area contributed by atoms with Crippen LogP contribution in [0.5, 0.6) is 0 Å². The number of carbonyl (C=O) groups is 3. The summed E-state index contributed by atoms with van der Waals surface area (Å²) in [4.78, 5) is 103. The Morgan fingerprint density at radius 2 is 1.01 bits per heavy atom. The monoisotopic (exact) mass is 1340 g/mol. The van der Waals surface area contributed by atoms with Crippen LogP contribution in [-0.4, -0.2) is 140 Å². The SMILES string of the molecule is CCCCC[n+]1ccc(/C=C/c2ccc3cc(N(C)CCCCCCCCCCCCNC(=O)COCCOCCOCCNC(=O)COCCOCCCC(=O)CCc4c([N+](=O)[O-])cc([N+](=O)[O-])c(Nc5c([N+](=O)[O-])cc([N+](=O)[O-])cc5[N+](=O)[O-])c4[N+](=O)[O-])ccc3c2)cc1. The Balaban J connectivity index is 0.800. The number of hydrogen-bond acceptors (Lipinski definition) is 22. The van der Waals surface area contributed by atoms with Crippen LogP contribution in [0.25, 0.3) is 22.9 Å².